The molecule has 6 heteroatoms. The Labute approximate surface area is 176 Å². The van der Waals surface area contributed by atoms with E-state index in [0.29, 0.717) is 22.4 Å². The Balaban J connectivity index is 1.79. The highest BCUT2D eigenvalue weighted by Gasteiger charge is 2.17. The van der Waals surface area contributed by atoms with Crippen molar-refractivity contribution < 1.29 is 9.52 Å². The van der Waals surface area contributed by atoms with E-state index in [9.17, 15) is 15.2 Å². The lowest BCUT2D eigenvalue weighted by Crippen LogP contribution is -2.07. The number of aromatic hydroxyl groups is 1. The number of hydrogen-bond acceptors (Lipinski definition) is 6. The number of nitrogens with zero attached hydrogens (tertiary/aromatic N) is 2. The molecule has 5 aromatic rings. The average Bonchev–Trinajstić information content (AvgIpc) is 2.78. The predicted octanol–water partition coefficient (Wildman–Crippen LogP) is 4.83. The number of phenolic OH excluding ortho intramolecular Hbond substituents is 1. The molecule has 31 heavy (non-hydrogen) atoms. The minimum absolute atomic E-state index is 0.0143. The fraction of sp³-hybridized carbons (Fsp3) is 0. The van der Waals surface area contributed by atoms with Crippen molar-refractivity contribution in [1.29, 1.82) is 5.26 Å². The van der Waals surface area contributed by atoms with Gasteiger partial charge < -0.3 is 15.3 Å². The van der Waals surface area contributed by atoms with Gasteiger partial charge in [-0.3, -0.25) is 0 Å². The molecule has 0 saturated carbocycles. The molecular formula is C25H15N3O3. The van der Waals surface area contributed by atoms with Crippen LogP contribution in [0.2, 0.25) is 0 Å². The van der Waals surface area contributed by atoms with E-state index in [1.54, 1.807) is 30.3 Å². The van der Waals surface area contributed by atoms with Crippen LogP contribution in [0.15, 0.2) is 82.0 Å². The Morgan fingerprint density at radius 1 is 0.935 bits per heavy atom. The van der Waals surface area contributed by atoms with E-state index in [-0.39, 0.29) is 22.7 Å². The third-order valence-corrected chi connectivity index (χ3v) is 5.26. The van der Waals surface area contributed by atoms with Crippen LogP contribution >= 0.6 is 0 Å². The topological polar surface area (TPSA) is 113 Å². The van der Waals surface area contributed by atoms with Gasteiger partial charge in [-0.15, -0.1) is 0 Å². The van der Waals surface area contributed by atoms with Crippen LogP contribution in [0.1, 0.15) is 5.56 Å². The standard InChI is InChI=1S/C25H15N3O3/c26-13-21-18(15-5-8-16(29)9-6-15)12-22(28-24(21)27)20-11-19-17-4-2-1-3-14(17)7-10-23(19)31-25(20)30/h1-12,29H,(H2,27,28). The molecule has 6 nitrogen and oxygen atoms in total. The zero-order valence-corrected chi connectivity index (χ0v) is 16.2. The lowest BCUT2D eigenvalue weighted by atomic mass is 9.98. The van der Waals surface area contributed by atoms with Crippen LogP contribution in [0, 0.1) is 11.3 Å². The van der Waals surface area contributed by atoms with Crippen LogP contribution in [0.4, 0.5) is 5.82 Å². The van der Waals surface area contributed by atoms with Crippen LogP contribution in [-0.4, -0.2) is 10.1 Å². The second kappa shape index (κ2) is 7.01. The highest BCUT2D eigenvalue weighted by Crippen LogP contribution is 2.33. The zero-order valence-electron chi connectivity index (χ0n) is 16.2. The van der Waals surface area contributed by atoms with Crippen LogP contribution in [-0.2, 0) is 0 Å². The van der Waals surface area contributed by atoms with Crippen LogP contribution in [0.3, 0.4) is 0 Å². The van der Waals surface area contributed by atoms with Gasteiger partial charge in [0.15, 0.2) is 0 Å². The quantitative estimate of drug-likeness (QED) is 0.321. The molecule has 0 aliphatic heterocycles. The summed E-state index contributed by atoms with van der Waals surface area (Å²) in [6.07, 6.45) is 0. The SMILES string of the molecule is N#Cc1c(-c2ccc(O)cc2)cc(-c2cc3c(ccc4ccccc43)oc2=O)nc1N. The van der Waals surface area contributed by atoms with E-state index >= 15 is 0 Å². The van der Waals surface area contributed by atoms with E-state index in [1.807, 2.05) is 30.3 Å². The molecule has 2 heterocycles. The van der Waals surface area contributed by atoms with Gasteiger partial charge >= 0.3 is 5.63 Å². The fourth-order valence-electron chi connectivity index (χ4n) is 3.74. The number of nitrogen functional groups attached to an aromatic ring is 1. The molecule has 5 rings (SSSR count). The van der Waals surface area contributed by atoms with Crippen molar-refractivity contribution in [3.63, 3.8) is 0 Å². The van der Waals surface area contributed by atoms with Crippen molar-refractivity contribution in [2.75, 3.05) is 5.73 Å². The van der Waals surface area contributed by atoms with E-state index in [1.165, 1.54) is 12.1 Å². The molecular weight excluding hydrogens is 390 g/mol. The van der Waals surface area contributed by atoms with E-state index < -0.39 is 5.63 Å². The van der Waals surface area contributed by atoms with Crippen molar-refractivity contribution in [2.24, 2.45) is 0 Å². The number of nitriles is 1. The van der Waals surface area contributed by atoms with E-state index in [2.05, 4.69) is 11.1 Å². The number of pyridine rings is 1. The fourth-order valence-corrected chi connectivity index (χ4v) is 3.74. The van der Waals surface area contributed by atoms with Gasteiger partial charge in [0.25, 0.3) is 0 Å². The van der Waals surface area contributed by atoms with Crippen molar-refractivity contribution in [3.05, 3.63) is 88.8 Å². The lowest BCUT2D eigenvalue weighted by molar-refractivity contribution is 0.475. The molecule has 0 fully saturated rings. The second-order valence-corrected chi connectivity index (χ2v) is 7.12. The Morgan fingerprint density at radius 3 is 2.48 bits per heavy atom. The third kappa shape index (κ3) is 3.05. The van der Waals surface area contributed by atoms with E-state index in [0.717, 1.165) is 16.2 Å². The molecule has 0 saturated heterocycles. The number of rotatable bonds is 2. The maximum absolute atomic E-state index is 12.8. The highest BCUT2D eigenvalue weighted by molar-refractivity contribution is 6.06. The minimum atomic E-state index is -0.545. The smallest absolute Gasteiger partial charge is 0.345 e. The maximum atomic E-state index is 12.8. The summed E-state index contributed by atoms with van der Waals surface area (Å²) in [5.41, 5.74) is 7.95. The largest absolute Gasteiger partial charge is 0.508 e. The Kier molecular flexibility index (Phi) is 4.16. The summed E-state index contributed by atoms with van der Waals surface area (Å²) in [6, 6.07) is 23.3. The number of benzene rings is 3. The third-order valence-electron chi connectivity index (χ3n) is 5.26. The Morgan fingerprint density at radius 2 is 1.71 bits per heavy atom. The normalized spacial score (nSPS) is 10.9. The molecule has 3 N–H and O–H groups in total. The first-order valence-corrected chi connectivity index (χ1v) is 9.51. The molecule has 3 aromatic carbocycles. The second-order valence-electron chi connectivity index (χ2n) is 7.12. The first-order chi connectivity index (χ1) is 15.0. The van der Waals surface area contributed by atoms with Crippen LogP contribution in [0.25, 0.3) is 44.1 Å². The summed E-state index contributed by atoms with van der Waals surface area (Å²) in [7, 11) is 0. The molecule has 0 atom stereocenters. The van der Waals surface area contributed by atoms with Gasteiger partial charge in [0.1, 0.15) is 28.8 Å². The van der Waals surface area contributed by atoms with Crippen molar-refractivity contribution in [2.45, 2.75) is 0 Å². The van der Waals surface area contributed by atoms with Crippen molar-refractivity contribution in [1.82, 2.24) is 4.98 Å². The number of fused-ring (bicyclic) bond motifs is 3. The van der Waals surface area contributed by atoms with Gasteiger partial charge in [-0.25, -0.2) is 9.78 Å². The van der Waals surface area contributed by atoms with Gasteiger partial charge in [-0.2, -0.15) is 5.26 Å². The van der Waals surface area contributed by atoms with Gasteiger partial charge in [-0.1, -0.05) is 42.5 Å². The number of phenols is 1. The molecule has 0 spiro atoms. The van der Waals surface area contributed by atoms with Crippen molar-refractivity contribution >= 4 is 27.6 Å². The molecule has 2 aromatic heterocycles. The summed E-state index contributed by atoms with van der Waals surface area (Å²) in [5.74, 6) is 0.118. The van der Waals surface area contributed by atoms with E-state index in [4.69, 9.17) is 10.2 Å². The van der Waals surface area contributed by atoms with Crippen molar-refractivity contribution in [3.8, 4) is 34.2 Å². The lowest BCUT2D eigenvalue weighted by Gasteiger charge is -2.11. The number of hydrogen-bond donors (Lipinski definition) is 2. The Hall–Kier alpha value is -4.63. The van der Waals surface area contributed by atoms with Gasteiger partial charge in [-0.05, 0) is 46.7 Å². The van der Waals surface area contributed by atoms with Crippen LogP contribution in [0.5, 0.6) is 5.75 Å². The Bertz CT molecular complexity index is 1580. The molecule has 148 valence electrons. The summed E-state index contributed by atoms with van der Waals surface area (Å²) in [5, 5.41) is 21.9. The average molecular weight is 405 g/mol. The summed E-state index contributed by atoms with van der Waals surface area (Å²) in [6.45, 7) is 0. The molecule has 0 aliphatic carbocycles. The molecule has 0 bridgehead atoms. The maximum Gasteiger partial charge on any atom is 0.345 e. The monoisotopic (exact) mass is 405 g/mol. The zero-order chi connectivity index (χ0) is 21.5. The van der Waals surface area contributed by atoms with Gasteiger partial charge in [0.2, 0.25) is 0 Å². The highest BCUT2D eigenvalue weighted by atomic mass is 16.4. The number of anilines is 1. The number of aromatic nitrogens is 1. The first-order valence-electron chi connectivity index (χ1n) is 9.51. The summed E-state index contributed by atoms with van der Waals surface area (Å²) < 4.78 is 5.58. The van der Waals surface area contributed by atoms with Gasteiger partial charge in [0, 0.05) is 10.9 Å². The predicted molar refractivity (Wildman–Crippen MR) is 119 cm³/mol. The molecule has 0 amide bonds. The molecule has 0 radical (unpaired) electrons. The first kappa shape index (κ1) is 18.4. The molecule has 0 aliphatic rings. The molecule has 0 unspecified atom stereocenters. The minimum Gasteiger partial charge on any atom is -0.508 e. The summed E-state index contributed by atoms with van der Waals surface area (Å²) in [4.78, 5) is 17.1. The van der Waals surface area contributed by atoms with Gasteiger partial charge in [0.05, 0.1) is 11.3 Å². The van der Waals surface area contributed by atoms with Crippen LogP contribution < -0.4 is 11.4 Å². The summed E-state index contributed by atoms with van der Waals surface area (Å²) >= 11 is 0. The number of nitrogens with two attached hydrogens (primary N) is 1.